The predicted molar refractivity (Wildman–Crippen MR) is 67.6 cm³/mol. The molecule has 0 radical (unpaired) electrons. The first-order chi connectivity index (χ1) is 7.91. The highest BCUT2D eigenvalue weighted by molar-refractivity contribution is 6.28. The molecule has 0 unspecified atom stereocenters. The van der Waals surface area contributed by atoms with Gasteiger partial charge in [-0.3, -0.25) is 9.55 Å². The van der Waals surface area contributed by atoms with Crippen molar-refractivity contribution >= 4 is 11.6 Å². The van der Waals surface area contributed by atoms with Crippen molar-refractivity contribution in [3.63, 3.8) is 0 Å². The summed E-state index contributed by atoms with van der Waals surface area (Å²) in [6, 6.07) is 1.94. The van der Waals surface area contributed by atoms with E-state index in [0.717, 1.165) is 17.1 Å². The maximum atomic E-state index is 6.12. The number of hydrogen-bond acceptors (Lipinski definition) is 3. The van der Waals surface area contributed by atoms with E-state index in [0.29, 0.717) is 5.28 Å². The summed E-state index contributed by atoms with van der Waals surface area (Å²) in [5.74, 6) is 0.832. The Bertz CT molecular complexity index is 540. The average Bonchev–Trinajstić information content (AvgIpc) is 2.60. The van der Waals surface area contributed by atoms with Crippen LogP contribution in [0.5, 0.6) is 0 Å². The summed E-state index contributed by atoms with van der Waals surface area (Å²) in [6.45, 7) is 8.25. The summed E-state index contributed by atoms with van der Waals surface area (Å²) in [5.41, 5.74) is 1.89. The Hall–Kier alpha value is -1.42. The molecule has 0 aliphatic heterocycles. The van der Waals surface area contributed by atoms with Crippen LogP contribution in [-0.4, -0.2) is 19.7 Å². The van der Waals surface area contributed by atoms with Crippen molar-refractivity contribution in [1.82, 2.24) is 19.7 Å². The molecule has 0 amide bonds. The van der Waals surface area contributed by atoms with Crippen LogP contribution in [0.2, 0.25) is 5.28 Å². The second kappa shape index (κ2) is 4.11. The standard InChI is InChI=1S/C12H15ClN4/c1-8-5-6-14-7-9(8)17-10(12(2,3)4)15-16-11(17)13/h5-7H,1-4H3. The summed E-state index contributed by atoms with van der Waals surface area (Å²) in [4.78, 5) is 4.13. The van der Waals surface area contributed by atoms with Gasteiger partial charge in [-0.2, -0.15) is 0 Å². The molecule has 17 heavy (non-hydrogen) atoms. The summed E-state index contributed by atoms with van der Waals surface area (Å²) >= 11 is 6.12. The fourth-order valence-corrected chi connectivity index (χ4v) is 1.86. The zero-order chi connectivity index (χ0) is 12.6. The van der Waals surface area contributed by atoms with Gasteiger partial charge in [-0.25, -0.2) is 0 Å². The smallest absolute Gasteiger partial charge is 0.229 e. The highest BCUT2D eigenvalue weighted by Crippen LogP contribution is 2.27. The molecule has 0 aromatic carbocycles. The average molecular weight is 251 g/mol. The van der Waals surface area contributed by atoms with E-state index in [1.54, 1.807) is 12.4 Å². The SMILES string of the molecule is Cc1ccncc1-n1c(Cl)nnc1C(C)(C)C. The minimum absolute atomic E-state index is 0.123. The van der Waals surface area contributed by atoms with Gasteiger partial charge in [0.25, 0.3) is 0 Å². The number of nitrogens with zero attached hydrogens (tertiary/aromatic N) is 4. The van der Waals surface area contributed by atoms with E-state index in [1.807, 2.05) is 17.6 Å². The lowest BCUT2D eigenvalue weighted by molar-refractivity contribution is 0.532. The lowest BCUT2D eigenvalue weighted by Gasteiger charge is -2.19. The molecule has 0 saturated carbocycles. The molecule has 0 bridgehead atoms. The van der Waals surface area contributed by atoms with Gasteiger partial charge < -0.3 is 0 Å². The van der Waals surface area contributed by atoms with Crippen molar-refractivity contribution < 1.29 is 0 Å². The highest BCUT2D eigenvalue weighted by Gasteiger charge is 2.24. The second-order valence-electron chi connectivity index (χ2n) is 5.04. The lowest BCUT2D eigenvalue weighted by atomic mass is 9.95. The molecule has 0 fully saturated rings. The van der Waals surface area contributed by atoms with Crippen molar-refractivity contribution in [3.05, 3.63) is 35.1 Å². The largest absolute Gasteiger partial charge is 0.267 e. The number of pyridine rings is 1. The van der Waals surface area contributed by atoms with Crippen molar-refractivity contribution in [3.8, 4) is 5.69 Å². The minimum atomic E-state index is -0.123. The van der Waals surface area contributed by atoms with Crippen molar-refractivity contribution in [2.75, 3.05) is 0 Å². The summed E-state index contributed by atoms with van der Waals surface area (Å²) < 4.78 is 1.85. The van der Waals surface area contributed by atoms with Crippen LogP contribution < -0.4 is 0 Å². The third-order valence-electron chi connectivity index (χ3n) is 2.55. The number of hydrogen-bond donors (Lipinski definition) is 0. The van der Waals surface area contributed by atoms with Crippen LogP contribution in [-0.2, 0) is 5.41 Å². The minimum Gasteiger partial charge on any atom is -0.267 e. The Labute approximate surface area is 106 Å². The molecule has 90 valence electrons. The molecular weight excluding hydrogens is 236 g/mol. The quantitative estimate of drug-likeness (QED) is 0.782. The van der Waals surface area contributed by atoms with Gasteiger partial charge in [0.05, 0.1) is 11.9 Å². The van der Waals surface area contributed by atoms with Gasteiger partial charge in [-0.1, -0.05) is 20.8 Å². The van der Waals surface area contributed by atoms with Crippen LogP contribution in [0, 0.1) is 6.92 Å². The van der Waals surface area contributed by atoms with E-state index in [4.69, 9.17) is 11.6 Å². The molecule has 2 aromatic heterocycles. The van der Waals surface area contributed by atoms with Crippen molar-refractivity contribution in [2.24, 2.45) is 0 Å². The van der Waals surface area contributed by atoms with Crippen LogP contribution in [0.3, 0.4) is 0 Å². The molecule has 2 aromatic rings. The first kappa shape index (κ1) is 12.0. The number of rotatable bonds is 1. The molecule has 2 heterocycles. The van der Waals surface area contributed by atoms with E-state index in [1.165, 1.54) is 0 Å². The highest BCUT2D eigenvalue weighted by atomic mass is 35.5. The van der Waals surface area contributed by atoms with Crippen LogP contribution >= 0.6 is 11.6 Å². The van der Waals surface area contributed by atoms with Gasteiger partial charge in [0.1, 0.15) is 5.82 Å². The number of aromatic nitrogens is 4. The molecule has 0 saturated heterocycles. The third kappa shape index (κ3) is 2.17. The zero-order valence-corrected chi connectivity index (χ0v) is 11.2. The Morgan fingerprint density at radius 2 is 1.94 bits per heavy atom. The van der Waals surface area contributed by atoms with Crippen LogP contribution in [0.4, 0.5) is 0 Å². The Morgan fingerprint density at radius 1 is 1.24 bits per heavy atom. The fraction of sp³-hybridized carbons (Fsp3) is 0.417. The van der Waals surface area contributed by atoms with Gasteiger partial charge in [0.15, 0.2) is 0 Å². The Kier molecular flexibility index (Phi) is 2.91. The molecule has 5 heteroatoms. The first-order valence-corrected chi connectivity index (χ1v) is 5.81. The molecule has 4 nitrogen and oxygen atoms in total. The molecule has 0 N–H and O–H groups in total. The van der Waals surface area contributed by atoms with E-state index in [9.17, 15) is 0 Å². The van der Waals surface area contributed by atoms with Crippen LogP contribution in [0.15, 0.2) is 18.5 Å². The van der Waals surface area contributed by atoms with Crippen molar-refractivity contribution in [1.29, 1.82) is 0 Å². The number of halogens is 1. The van der Waals surface area contributed by atoms with Gasteiger partial charge in [0.2, 0.25) is 5.28 Å². The summed E-state index contributed by atoms with van der Waals surface area (Å²) in [6.07, 6.45) is 3.54. The van der Waals surface area contributed by atoms with E-state index < -0.39 is 0 Å². The zero-order valence-electron chi connectivity index (χ0n) is 10.4. The predicted octanol–water partition coefficient (Wildman–Crippen LogP) is 2.92. The Balaban J connectivity index is 2.68. The van der Waals surface area contributed by atoms with Crippen molar-refractivity contribution in [2.45, 2.75) is 33.1 Å². The first-order valence-electron chi connectivity index (χ1n) is 5.43. The summed E-state index contributed by atoms with van der Waals surface area (Å²) in [7, 11) is 0. The van der Waals surface area contributed by atoms with Gasteiger partial charge in [-0.05, 0) is 30.2 Å². The van der Waals surface area contributed by atoms with E-state index >= 15 is 0 Å². The third-order valence-corrected chi connectivity index (χ3v) is 2.79. The van der Waals surface area contributed by atoms with E-state index in [2.05, 4.69) is 36.0 Å². The molecule has 0 spiro atoms. The monoisotopic (exact) mass is 250 g/mol. The normalized spacial score (nSPS) is 11.8. The molecule has 0 aliphatic rings. The van der Waals surface area contributed by atoms with Crippen LogP contribution in [0.1, 0.15) is 32.2 Å². The lowest BCUT2D eigenvalue weighted by Crippen LogP contribution is -2.18. The van der Waals surface area contributed by atoms with Gasteiger partial charge in [0, 0.05) is 11.6 Å². The van der Waals surface area contributed by atoms with E-state index in [-0.39, 0.29) is 5.41 Å². The maximum Gasteiger partial charge on any atom is 0.229 e. The maximum absolute atomic E-state index is 6.12. The topological polar surface area (TPSA) is 43.6 Å². The molecule has 0 atom stereocenters. The van der Waals surface area contributed by atoms with Gasteiger partial charge in [-0.15, -0.1) is 10.2 Å². The molecular formula is C12H15ClN4. The fourth-order valence-electron chi connectivity index (χ4n) is 1.65. The molecule has 2 rings (SSSR count). The molecule has 0 aliphatic carbocycles. The second-order valence-corrected chi connectivity index (χ2v) is 5.38. The van der Waals surface area contributed by atoms with Crippen LogP contribution in [0.25, 0.3) is 5.69 Å². The number of aryl methyl sites for hydroxylation is 1. The Morgan fingerprint density at radius 3 is 2.53 bits per heavy atom. The van der Waals surface area contributed by atoms with Gasteiger partial charge >= 0.3 is 0 Å². The summed E-state index contributed by atoms with van der Waals surface area (Å²) in [5, 5.41) is 8.48.